The molecule has 0 bridgehead atoms. The van der Waals surface area contributed by atoms with Gasteiger partial charge in [-0.25, -0.2) is 9.78 Å². The molecular weight excluding hydrogens is 362 g/mol. The largest absolute Gasteiger partial charge is 0.370 e. The van der Waals surface area contributed by atoms with E-state index in [1.807, 2.05) is 47.2 Å². The van der Waals surface area contributed by atoms with Gasteiger partial charge >= 0.3 is 6.03 Å². The van der Waals surface area contributed by atoms with Gasteiger partial charge in [0.1, 0.15) is 0 Å². The summed E-state index contributed by atoms with van der Waals surface area (Å²) in [5.74, 6) is 0. The first-order valence-corrected chi connectivity index (χ1v) is 10.2. The molecule has 2 amide bonds. The van der Waals surface area contributed by atoms with Crippen LogP contribution in [-0.2, 0) is 13.1 Å². The lowest BCUT2D eigenvalue weighted by atomic mass is 10.1. The van der Waals surface area contributed by atoms with Gasteiger partial charge in [-0.3, -0.25) is 0 Å². The lowest BCUT2D eigenvalue weighted by molar-refractivity contribution is 0.251. The van der Waals surface area contributed by atoms with Crippen molar-refractivity contribution in [2.24, 2.45) is 0 Å². The number of piperidine rings is 1. The minimum atomic E-state index is -0.188. The summed E-state index contributed by atoms with van der Waals surface area (Å²) in [4.78, 5) is 19.0. The molecule has 6 heteroatoms. The van der Waals surface area contributed by atoms with Gasteiger partial charge in [0.05, 0.1) is 17.7 Å². The van der Waals surface area contributed by atoms with Gasteiger partial charge in [-0.2, -0.15) is 0 Å². The zero-order chi connectivity index (χ0) is 19.9. The summed E-state index contributed by atoms with van der Waals surface area (Å²) < 4.78 is 2.02. The number of benzene rings is 2. The standard InChI is InChI=1S/C23H27N5O/c29-23(26-21-10-4-5-11-22(21)28-13-6-1-7-14-28)25-16-19-8-2-3-9-20(19)17-27-15-12-24-18-27/h2-5,8-12,15,18H,1,6-7,13-14,16-17H2,(H2,25,26,29). The molecule has 2 N–H and O–H groups in total. The van der Waals surface area contributed by atoms with Gasteiger partial charge < -0.3 is 20.1 Å². The molecule has 150 valence electrons. The summed E-state index contributed by atoms with van der Waals surface area (Å²) in [6, 6.07) is 16.0. The van der Waals surface area contributed by atoms with E-state index in [2.05, 4.69) is 32.7 Å². The van der Waals surface area contributed by atoms with E-state index >= 15 is 0 Å². The molecule has 0 atom stereocenters. The van der Waals surface area contributed by atoms with Gasteiger partial charge in [-0.15, -0.1) is 0 Å². The number of anilines is 2. The second-order valence-corrected chi connectivity index (χ2v) is 7.38. The molecule has 29 heavy (non-hydrogen) atoms. The lowest BCUT2D eigenvalue weighted by Crippen LogP contribution is -2.32. The van der Waals surface area contributed by atoms with Crippen molar-refractivity contribution in [3.8, 4) is 0 Å². The normalized spacial score (nSPS) is 13.9. The van der Waals surface area contributed by atoms with Crippen molar-refractivity contribution in [2.45, 2.75) is 32.4 Å². The highest BCUT2D eigenvalue weighted by atomic mass is 16.2. The molecule has 0 radical (unpaired) electrons. The van der Waals surface area contributed by atoms with Crippen molar-refractivity contribution in [3.63, 3.8) is 0 Å². The first kappa shape index (κ1) is 19.1. The van der Waals surface area contributed by atoms with Crippen LogP contribution < -0.4 is 15.5 Å². The third kappa shape index (κ3) is 4.96. The molecule has 1 fully saturated rings. The molecule has 2 heterocycles. The fourth-order valence-electron chi connectivity index (χ4n) is 3.79. The number of urea groups is 1. The van der Waals surface area contributed by atoms with Crippen molar-refractivity contribution >= 4 is 17.4 Å². The predicted molar refractivity (Wildman–Crippen MR) is 116 cm³/mol. The van der Waals surface area contributed by atoms with Gasteiger partial charge in [0.2, 0.25) is 0 Å². The maximum atomic E-state index is 12.6. The first-order valence-electron chi connectivity index (χ1n) is 10.2. The summed E-state index contributed by atoms with van der Waals surface area (Å²) in [7, 11) is 0. The average Bonchev–Trinajstić information content (AvgIpc) is 3.27. The second-order valence-electron chi connectivity index (χ2n) is 7.38. The fraction of sp³-hybridized carbons (Fsp3) is 0.304. The van der Waals surface area contributed by atoms with Crippen LogP contribution in [0.25, 0.3) is 0 Å². The number of nitrogens with one attached hydrogen (secondary N) is 2. The molecule has 1 aliphatic heterocycles. The molecular formula is C23H27N5O. The Balaban J connectivity index is 1.39. The number of aromatic nitrogens is 2. The van der Waals surface area contributed by atoms with Crippen LogP contribution >= 0.6 is 0 Å². The van der Waals surface area contributed by atoms with Gasteiger partial charge in [-0.05, 0) is 42.5 Å². The van der Waals surface area contributed by atoms with E-state index in [0.717, 1.165) is 36.6 Å². The van der Waals surface area contributed by atoms with E-state index in [1.54, 1.807) is 12.5 Å². The van der Waals surface area contributed by atoms with E-state index in [9.17, 15) is 4.79 Å². The molecule has 1 aliphatic rings. The molecule has 0 aliphatic carbocycles. The number of hydrogen-bond acceptors (Lipinski definition) is 3. The Kier molecular flexibility index (Phi) is 6.10. The van der Waals surface area contributed by atoms with Crippen molar-refractivity contribution in [1.82, 2.24) is 14.9 Å². The number of nitrogens with zero attached hydrogens (tertiary/aromatic N) is 3. The molecule has 0 spiro atoms. The van der Waals surface area contributed by atoms with Crippen molar-refractivity contribution in [1.29, 1.82) is 0 Å². The Bertz CT molecular complexity index is 932. The molecule has 4 rings (SSSR count). The van der Waals surface area contributed by atoms with Crippen LogP contribution in [0.1, 0.15) is 30.4 Å². The number of para-hydroxylation sites is 2. The van der Waals surface area contributed by atoms with Crippen LogP contribution in [0, 0.1) is 0 Å². The monoisotopic (exact) mass is 389 g/mol. The van der Waals surface area contributed by atoms with Crippen LogP contribution in [0.2, 0.25) is 0 Å². The number of rotatable bonds is 6. The quantitative estimate of drug-likeness (QED) is 0.663. The highest BCUT2D eigenvalue weighted by molar-refractivity contribution is 5.93. The number of carbonyl (C=O) groups excluding carboxylic acids is 1. The third-order valence-electron chi connectivity index (χ3n) is 5.32. The fourth-order valence-corrected chi connectivity index (χ4v) is 3.79. The summed E-state index contributed by atoms with van der Waals surface area (Å²) in [6.07, 6.45) is 9.20. The number of carbonyl (C=O) groups is 1. The van der Waals surface area contributed by atoms with Crippen LogP contribution in [0.15, 0.2) is 67.3 Å². The van der Waals surface area contributed by atoms with Gasteiger partial charge in [0.25, 0.3) is 0 Å². The lowest BCUT2D eigenvalue weighted by Gasteiger charge is -2.30. The Morgan fingerprint density at radius 2 is 1.72 bits per heavy atom. The SMILES string of the molecule is O=C(NCc1ccccc1Cn1ccnc1)Nc1ccccc1N1CCCCC1. The van der Waals surface area contributed by atoms with Crippen LogP contribution in [0.3, 0.4) is 0 Å². The summed E-state index contributed by atoms with van der Waals surface area (Å²) in [5.41, 5.74) is 4.22. The third-order valence-corrected chi connectivity index (χ3v) is 5.32. The maximum absolute atomic E-state index is 12.6. The Morgan fingerprint density at radius 1 is 0.966 bits per heavy atom. The molecule has 6 nitrogen and oxygen atoms in total. The number of imidazole rings is 1. The van der Waals surface area contributed by atoms with Crippen molar-refractivity contribution in [3.05, 3.63) is 78.4 Å². The maximum Gasteiger partial charge on any atom is 0.319 e. The number of hydrogen-bond donors (Lipinski definition) is 2. The Hall–Kier alpha value is -3.28. The summed E-state index contributed by atoms with van der Waals surface area (Å²) in [5, 5.41) is 6.04. The second kappa shape index (κ2) is 9.28. The van der Waals surface area contributed by atoms with E-state index in [4.69, 9.17) is 0 Å². The van der Waals surface area contributed by atoms with E-state index in [-0.39, 0.29) is 6.03 Å². The Morgan fingerprint density at radius 3 is 2.52 bits per heavy atom. The van der Waals surface area contributed by atoms with Crippen LogP contribution in [-0.4, -0.2) is 28.7 Å². The molecule has 2 aromatic carbocycles. The topological polar surface area (TPSA) is 62.2 Å². The van der Waals surface area contributed by atoms with E-state index in [1.165, 1.54) is 24.8 Å². The molecule has 1 aromatic heterocycles. The van der Waals surface area contributed by atoms with Crippen LogP contribution in [0.4, 0.5) is 16.2 Å². The summed E-state index contributed by atoms with van der Waals surface area (Å²) in [6.45, 7) is 3.30. The molecule has 1 saturated heterocycles. The minimum absolute atomic E-state index is 0.188. The van der Waals surface area contributed by atoms with Crippen molar-refractivity contribution < 1.29 is 4.79 Å². The highest BCUT2D eigenvalue weighted by Crippen LogP contribution is 2.28. The van der Waals surface area contributed by atoms with E-state index < -0.39 is 0 Å². The molecule has 0 saturated carbocycles. The zero-order valence-corrected chi connectivity index (χ0v) is 16.6. The molecule has 0 unspecified atom stereocenters. The van der Waals surface area contributed by atoms with Gasteiger partial charge in [0, 0.05) is 38.6 Å². The van der Waals surface area contributed by atoms with Crippen LogP contribution in [0.5, 0.6) is 0 Å². The highest BCUT2D eigenvalue weighted by Gasteiger charge is 2.15. The van der Waals surface area contributed by atoms with Crippen molar-refractivity contribution in [2.75, 3.05) is 23.3 Å². The average molecular weight is 390 g/mol. The zero-order valence-electron chi connectivity index (χ0n) is 16.6. The van der Waals surface area contributed by atoms with E-state index in [0.29, 0.717) is 6.54 Å². The molecule has 3 aromatic rings. The summed E-state index contributed by atoms with van der Waals surface area (Å²) >= 11 is 0. The first-order chi connectivity index (χ1) is 14.3. The smallest absolute Gasteiger partial charge is 0.319 e. The van der Waals surface area contributed by atoms with Gasteiger partial charge in [0.15, 0.2) is 0 Å². The predicted octanol–water partition coefficient (Wildman–Crippen LogP) is 4.24. The Labute approximate surface area is 171 Å². The van der Waals surface area contributed by atoms with Gasteiger partial charge in [-0.1, -0.05) is 36.4 Å². The number of amides is 2. The minimum Gasteiger partial charge on any atom is -0.370 e.